The Morgan fingerprint density at radius 1 is 1.53 bits per heavy atom. The number of halogens is 1. The highest BCUT2D eigenvalue weighted by molar-refractivity contribution is 9.11. The van der Waals surface area contributed by atoms with Gasteiger partial charge in [0, 0.05) is 30.3 Å². The molecule has 0 spiro atoms. The van der Waals surface area contributed by atoms with Gasteiger partial charge in [0.25, 0.3) is 0 Å². The first-order chi connectivity index (χ1) is 7.24. The molecule has 15 heavy (non-hydrogen) atoms. The van der Waals surface area contributed by atoms with Crippen molar-refractivity contribution in [2.75, 3.05) is 24.6 Å². The molecule has 0 N–H and O–H groups in total. The maximum Gasteiger partial charge on any atom is 0.0701 e. The topological polar surface area (TPSA) is 3.24 Å². The highest BCUT2D eigenvalue weighted by atomic mass is 79.9. The first-order valence-corrected chi connectivity index (χ1v) is 8.05. The van der Waals surface area contributed by atoms with Gasteiger partial charge in [-0.25, -0.2) is 0 Å². The summed E-state index contributed by atoms with van der Waals surface area (Å²) in [5, 5.41) is 0. The zero-order chi connectivity index (χ0) is 10.7. The van der Waals surface area contributed by atoms with Crippen LogP contribution in [-0.2, 0) is 6.54 Å². The molecule has 2 heterocycles. The van der Waals surface area contributed by atoms with Crippen LogP contribution in [0.15, 0.2) is 15.9 Å². The minimum atomic E-state index is 0.834. The van der Waals surface area contributed by atoms with Crippen LogP contribution in [0.5, 0.6) is 0 Å². The van der Waals surface area contributed by atoms with Gasteiger partial charge in [-0.15, -0.1) is 11.3 Å². The third kappa shape index (κ3) is 3.77. The summed E-state index contributed by atoms with van der Waals surface area (Å²) in [5.41, 5.74) is 0. The van der Waals surface area contributed by atoms with E-state index >= 15 is 0 Å². The van der Waals surface area contributed by atoms with Gasteiger partial charge in [-0.1, -0.05) is 6.92 Å². The fraction of sp³-hybridized carbons (Fsp3) is 0.636. The zero-order valence-corrected chi connectivity index (χ0v) is 12.1. The predicted octanol–water partition coefficient (Wildman–Crippen LogP) is 3.70. The monoisotopic (exact) mass is 305 g/mol. The van der Waals surface area contributed by atoms with E-state index in [1.807, 2.05) is 11.3 Å². The Morgan fingerprint density at radius 2 is 2.40 bits per heavy atom. The number of hydrogen-bond donors (Lipinski definition) is 0. The molecule has 0 radical (unpaired) electrons. The predicted molar refractivity (Wildman–Crippen MR) is 73.8 cm³/mol. The summed E-state index contributed by atoms with van der Waals surface area (Å²) in [6, 6.07) is 4.38. The molecule has 1 aromatic heterocycles. The van der Waals surface area contributed by atoms with Gasteiger partial charge in [-0.3, -0.25) is 4.90 Å². The fourth-order valence-corrected chi connectivity index (χ4v) is 4.45. The second-order valence-electron chi connectivity index (χ2n) is 4.12. The number of rotatable bonds is 2. The molecule has 1 aromatic rings. The summed E-state index contributed by atoms with van der Waals surface area (Å²) in [6.07, 6.45) is 0. The smallest absolute Gasteiger partial charge is 0.0701 e. The molecule has 0 amide bonds. The van der Waals surface area contributed by atoms with Crippen LogP contribution in [0.4, 0.5) is 0 Å². The highest BCUT2D eigenvalue weighted by Crippen LogP contribution is 2.24. The third-order valence-electron chi connectivity index (χ3n) is 2.53. The lowest BCUT2D eigenvalue weighted by atomic mass is 10.2. The molecule has 1 fully saturated rings. The first kappa shape index (κ1) is 12.0. The molecule has 1 unspecified atom stereocenters. The molecule has 84 valence electrons. The van der Waals surface area contributed by atoms with Gasteiger partial charge in [-0.05, 0) is 39.7 Å². The lowest BCUT2D eigenvalue weighted by molar-refractivity contribution is 0.259. The Morgan fingerprint density at radius 3 is 3.13 bits per heavy atom. The zero-order valence-electron chi connectivity index (χ0n) is 8.91. The molecular formula is C11H16BrNS2. The van der Waals surface area contributed by atoms with Crippen LogP contribution in [0.3, 0.4) is 0 Å². The lowest BCUT2D eigenvalue weighted by Crippen LogP contribution is -2.28. The van der Waals surface area contributed by atoms with E-state index in [-0.39, 0.29) is 0 Å². The standard InChI is InChI=1S/C11H16BrNS2/c1-9-6-13(4-5-14-8-9)7-10-2-3-11(12)15-10/h2-3,9H,4-8H2,1H3. The largest absolute Gasteiger partial charge is 0.297 e. The number of thioether (sulfide) groups is 1. The van der Waals surface area contributed by atoms with E-state index in [1.54, 1.807) is 0 Å². The average molecular weight is 306 g/mol. The molecular weight excluding hydrogens is 290 g/mol. The molecule has 4 heteroatoms. The Kier molecular flexibility index (Phi) is 4.55. The summed E-state index contributed by atoms with van der Waals surface area (Å²) in [4.78, 5) is 4.06. The van der Waals surface area contributed by atoms with E-state index in [0.717, 1.165) is 12.5 Å². The molecule has 0 aromatic carbocycles. The van der Waals surface area contributed by atoms with Gasteiger partial charge in [0.2, 0.25) is 0 Å². The quantitative estimate of drug-likeness (QED) is 0.820. The van der Waals surface area contributed by atoms with Crippen molar-refractivity contribution in [2.24, 2.45) is 5.92 Å². The number of thiophene rings is 1. The van der Waals surface area contributed by atoms with Crippen LogP contribution in [0.2, 0.25) is 0 Å². The number of nitrogens with zero attached hydrogens (tertiary/aromatic N) is 1. The maximum absolute atomic E-state index is 3.52. The minimum Gasteiger partial charge on any atom is -0.297 e. The average Bonchev–Trinajstić information content (AvgIpc) is 2.46. The normalized spacial score (nSPS) is 24.0. The molecule has 1 aliphatic rings. The van der Waals surface area contributed by atoms with Crippen LogP contribution in [0, 0.1) is 5.92 Å². The molecule has 0 aliphatic carbocycles. The molecule has 0 bridgehead atoms. The summed E-state index contributed by atoms with van der Waals surface area (Å²) in [5.74, 6) is 3.45. The van der Waals surface area contributed by atoms with Crippen LogP contribution < -0.4 is 0 Å². The first-order valence-electron chi connectivity index (χ1n) is 5.28. The van der Waals surface area contributed by atoms with Crippen molar-refractivity contribution in [3.63, 3.8) is 0 Å². The minimum absolute atomic E-state index is 0.834. The van der Waals surface area contributed by atoms with Crippen molar-refractivity contribution in [1.82, 2.24) is 4.90 Å². The van der Waals surface area contributed by atoms with Crippen molar-refractivity contribution < 1.29 is 0 Å². The van der Waals surface area contributed by atoms with Crippen molar-refractivity contribution in [2.45, 2.75) is 13.5 Å². The van der Waals surface area contributed by atoms with E-state index in [2.05, 4.69) is 51.6 Å². The van der Waals surface area contributed by atoms with Crippen molar-refractivity contribution >= 4 is 39.0 Å². The third-order valence-corrected chi connectivity index (χ3v) is 5.42. The second kappa shape index (κ2) is 5.71. The van der Waals surface area contributed by atoms with Gasteiger partial charge in [0.05, 0.1) is 3.79 Å². The van der Waals surface area contributed by atoms with Gasteiger partial charge in [0.1, 0.15) is 0 Å². The lowest BCUT2D eigenvalue weighted by Gasteiger charge is -2.20. The van der Waals surface area contributed by atoms with E-state index in [9.17, 15) is 0 Å². The Balaban J connectivity index is 1.92. The van der Waals surface area contributed by atoms with Crippen LogP contribution in [-0.4, -0.2) is 29.5 Å². The van der Waals surface area contributed by atoms with Crippen LogP contribution in [0.1, 0.15) is 11.8 Å². The molecule has 1 saturated heterocycles. The van der Waals surface area contributed by atoms with Gasteiger partial charge < -0.3 is 0 Å². The summed E-state index contributed by atoms with van der Waals surface area (Å²) >= 11 is 7.47. The highest BCUT2D eigenvalue weighted by Gasteiger charge is 2.15. The van der Waals surface area contributed by atoms with Crippen LogP contribution in [0.25, 0.3) is 0 Å². The Hall–Kier alpha value is 0.490. The molecule has 1 aliphatic heterocycles. The molecule has 1 nitrogen and oxygen atoms in total. The van der Waals surface area contributed by atoms with E-state index in [0.29, 0.717) is 0 Å². The summed E-state index contributed by atoms with van der Waals surface area (Å²) in [6.45, 7) is 5.98. The van der Waals surface area contributed by atoms with E-state index in [4.69, 9.17) is 0 Å². The molecule has 2 rings (SSSR count). The van der Waals surface area contributed by atoms with Gasteiger partial charge in [0.15, 0.2) is 0 Å². The van der Waals surface area contributed by atoms with E-state index < -0.39 is 0 Å². The Bertz CT molecular complexity index is 313. The molecule has 1 atom stereocenters. The van der Waals surface area contributed by atoms with Gasteiger partial charge in [-0.2, -0.15) is 11.8 Å². The summed E-state index contributed by atoms with van der Waals surface area (Å²) in [7, 11) is 0. The molecule has 0 saturated carbocycles. The van der Waals surface area contributed by atoms with E-state index in [1.165, 1.54) is 33.3 Å². The fourth-order valence-electron chi connectivity index (χ4n) is 1.86. The van der Waals surface area contributed by atoms with Crippen molar-refractivity contribution in [3.05, 3.63) is 20.8 Å². The van der Waals surface area contributed by atoms with Crippen molar-refractivity contribution in [3.8, 4) is 0 Å². The second-order valence-corrected chi connectivity index (χ2v) is 7.82. The van der Waals surface area contributed by atoms with Crippen LogP contribution >= 0.6 is 39.0 Å². The summed E-state index contributed by atoms with van der Waals surface area (Å²) < 4.78 is 1.25. The number of hydrogen-bond acceptors (Lipinski definition) is 3. The van der Waals surface area contributed by atoms with Gasteiger partial charge >= 0.3 is 0 Å². The Labute approximate surface area is 108 Å². The maximum atomic E-state index is 3.52. The SMILES string of the molecule is CC1CSCCN(Cc2ccc(Br)s2)C1. The van der Waals surface area contributed by atoms with Crippen molar-refractivity contribution in [1.29, 1.82) is 0 Å².